The predicted octanol–water partition coefficient (Wildman–Crippen LogP) is 3.38. The molecule has 1 aliphatic heterocycles. The minimum atomic E-state index is -0.322. The first-order valence-corrected chi connectivity index (χ1v) is 9.29. The molecule has 6 heteroatoms. The minimum Gasteiger partial charge on any atom is -0.493 e. The molecule has 1 unspecified atom stereocenters. The number of ether oxygens (including phenoxy) is 2. The average molecular weight is 372 g/mol. The van der Waals surface area contributed by atoms with Crippen molar-refractivity contribution in [2.24, 2.45) is 5.73 Å². The van der Waals surface area contributed by atoms with E-state index in [-0.39, 0.29) is 11.4 Å². The molecule has 0 fully saturated rings. The van der Waals surface area contributed by atoms with Crippen molar-refractivity contribution in [2.45, 2.75) is 44.7 Å². The van der Waals surface area contributed by atoms with Crippen LogP contribution in [0, 0.1) is 0 Å². The lowest BCUT2D eigenvalue weighted by atomic mass is 9.92. The molecule has 6 nitrogen and oxygen atoms in total. The van der Waals surface area contributed by atoms with E-state index < -0.39 is 0 Å². The third-order valence-corrected chi connectivity index (χ3v) is 5.19. The lowest BCUT2D eigenvalue weighted by Crippen LogP contribution is -2.40. The number of amides is 1. The molecule has 0 aliphatic carbocycles. The Labute approximate surface area is 160 Å². The summed E-state index contributed by atoms with van der Waals surface area (Å²) in [5, 5.41) is 0. The molecule has 1 aromatic carbocycles. The molecule has 1 atom stereocenters. The van der Waals surface area contributed by atoms with Gasteiger partial charge in [0.1, 0.15) is 5.76 Å². The zero-order valence-corrected chi connectivity index (χ0v) is 16.3. The average Bonchev–Trinajstić information content (AvgIpc) is 3.27. The van der Waals surface area contributed by atoms with Crippen LogP contribution in [-0.2, 0) is 13.0 Å². The number of carbonyl (C=O) groups excluding carboxylic acids is 1. The van der Waals surface area contributed by atoms with Gasteiger partial charge in [-0.3, -0.25) is 4.79 Å². The zero-order chi connectivity index (χ0) is 19.4. The number of hydrogen-bond donors (Lipinski definition) is 1. The maximum atomic E-state index is 12.7. The predicted molar refractivity (Wildman–Crippen MR) is 103 cm³/mol. The van der Waals surface area contributed by atoms with Crippen LogP contribution < -0.4 is 15.2 Å². The van der Waals surface area contributed by atoms with Gasteiger partial charge in [0.05, 0.1) is 20.5 Å². The van der Waals surface area contributed by atoms with Gasteiger partial charge in [-0.2, -0.15) is 0 Å². The third-order valence-electron chi connectivity index (χ3n) is 5.19. The SMILES string of the molecule is COc1cc2c(cc1OC)C(=O)N(CCC(C)(N)CCCc1ccco1)C2. The fourth-order valence-electron chi connectivity index (χ4n) is 3.52. The van der Waals surface area contributed by atoms with Crippen LogP contribution in [-0.4, -0.2) is 37.1 Å². The van der Waals surface area contributed by atoms with Crippen molar-refractivity contribution in [3.05, 3.63) is 47.4 Å². The van der Waals surface area contributed by atoms with Gasteiger partial charge in [0.15, 0.2) is 11.5 Å². The van der Waals surface area contributed by atoms with E-state index in [1.165, 1.54) is 0 Å². The molecule has 146 valence electrons. The summed E-state index contributed by atoms with van der Waals surface area (Å²) in [5.41, 5.74) is 7.80. The van der Waals surface area contributed by atoms with Crippen LogP contribution >= 0.6 is 0 Å². The molecule has 2 heterocycles. The van der Waals surface area contributed by atoms with Crippen LogP contribution in [0.3, 0.4) is 0 Å². The molecule has 1 aliphatic rings. The maximum absolute atomic E-state index is 12.7. The Morgan fingerprint density at radius 3 is 2.63 bits per heavy atom. The maximum Gasteiger partial charge on any atom is 0.254 e. The van der Waals surface area contributed by atoms with Crippen LogP contribution in [0.2, 0.25) is 0 Å². The summed E-state index contributed by atoms with van der Waals surface area (Å²) in [6.45, 7) is 3.26. The Morgan fingerprint density at radius 1 is 1.22 bits per heavy atom. The number of carbonyl (C=O) groups is 1. The highest BCUT2D eigenvalue weighted by atomic mass is 16.5. The summed E-state index contributed by atoms with van der Waals surface area (Å²) < 4.78 is 16.0. The largest absolute Gasteiger partial charge is 0.493 e. The molecule has 1 aromatic heterocycles. The second-order valence-electron chi connectivity index (χ2n) is 7.43. The number of fused-ring (bicyclic) bond motifs is 1. The minimum absolute atomic E-state index is 0.0253. The third kappa shape index (κ3) is 4.45. The number of nitrogens with two attached hydrogens (primary N) is 1. The molecule has 2 N–H and O–H groups in total. The second-order valence-corrected chi connectivity index (χ2v) is 7.43. The van der Waals surface area contributed by atoms with E-state index >= 15 is 0 Å². The normalized spacial score (nSPS) is 15.6. The monoisotopic (exact) mass is 372 g/mol. The summed E-state index contributed by atoms with van der Waals surface area (Å²) in [4.78, 5) is 14.6. The number of benzene rings is 1. The van der Waals surface area contributed by atoms with E-state index in [1.54, 1.807) is 26.5 Å². The van der Waals surface area contributed by atoms with Crippen molar-refractivity contribution in [1.29, 1.82) is 0 Å². The highest BCUT2D eigenvalue weighted by molar-refractivity contribution is 5.99. The van der Waals surface area contributed by atoms with Crippen LogP contribution in [0.4, 0.5) is 0 Å². The van der Waals surface area contributed by atoms with Crippen LogP contribution in [0.15, 0.2) is 34.9 Å². The smallest absolute Gasteiger partial charge is 0.254 e. The number of furan rings is 1. The van der Waals surface area contributed by atoms with E-state index in [4.69, 9.17) is 19.6 Å². The molecule has 1 amide bonds. The molecule has 0 bridgehead atoms. The number of aryl methyl sites for hydroxylation is 1. The quantitative estimate of drug-likeness (QED) is 0.730. The van der Waals surface area contributed by atoms with Gasteiger partial charge in [0, 0.05) is 30.6 Å². The van der Waals surface area contributed by atoms with Gasteiger partial charge in [-0.25, -0.2) is 0 Å². The fourth-order valence-corrected chi connectivity index (χ4v) is 3.52. The molecular formula is C21H28N2O4. The lowest BCUT2D eigenvalue weighted by molar-refractivity contribution is 0.0766. The highest BCUT2D eigenvalue weighted by Crippen LogP contribution is 2.35. The Kier molecular flexibility index (Phi) is 5.75. The van der Waals surface area contributed by atoms with Crippen molar-refractivity contribution in [2.75, 3.05) is 20.8 Å². The fraction of sp³-hybridized carbons (Fsp3) is 0.476. The van der Waals surface area contributed by atoms with Gasteiger partial charge in [0.25, 0.3) is 5.91 Å². The lowest BCUT2D eigenvalue weighted by Gasteiger charge is -2.27. The van der Waals surface area contributed by atoms with Gasteiger partial charge >= 0.3 is 0 Å². The summed E-state index contributed by atoms with van der Waals surface area (Å²) in [6.07, 6.45) is 5.16. The van der Waals surface area contributed by atoms with Crippen molar-refractivity contribution in [3.8, 4) is 11.5 Å². The molecule has 0 spiro atoms. The van der Waals surface area contributed by atoms with E-state index in [1.807, 2.05) is 23.1 Å². The number of nitrogens with zero attached hydrogens (tertiary/aromatic N) is 1. The van der Waals surface area contributed by atoms with Gasteiger partial charge < -0.3 is 24.5 Å². The molecule has 27 heavy (non-hydrogen) atoms. The molecule has 0 saturated carbocycles. The molecule has 0 radical (unpaired) electrons. The Bertz CT molecular complexity index is 784. The van der Waals surface area contributed by atoms with Gasteiger partial charge in [0.2, 0.25) is 0 Å². The first-order chi connectivity index (χ1) is 12.9. The van der Waals surface area contributed by atoms with E-state index in [0.717, 1.165) is 37.0 Å². The van der Waals surface area contributed by atoms with Crippen LogP contribution in [0.5, 0.6) is 11.5 Å². The number of hydrogen-bond acceptors (Lipinski definition) is 5. The van der Waals surface area contributed by atoms with E-state index in [0.29, 0.717) is 30.2 Å². The first-order valence-electron chi connectivity index (χ1n) is 9.29. The second kappa shape index (κ2) is 8.05. The summed E-state index contributed by atoms with van der Waals surface area (Å²) in [6, 6.07) is 7.53. The Balaban J connectivity index is 1.55. The molecule has 0 saturated heterocycles. The van der Waals surface area contributed by atoms with Crippen molar-refractivity contribution in [3.63, 3.8) is 0 Å². The summed E-state index contributed by atoms with van der Waals surface area (Å²) in [7, 11) is 3.17. The molecule has 3 rings (SSSR count). The molecular weight excluding hydrogens is 344 g/mol. The molecule has 2 aromatic rings. The van der Waals surface area contributed by atoms with Gasteiger partial charge in [-0.15, -0.1) is 0 Å². The number of methoxy groups -OCH3 is 2. The standard InChI is InChI=1S/C21H28N2O4/c1-21(22,8-4-6-16-7-5-11-27-16)9-10-23-14-15-12-18(25-2)19(26-3)13-17(15)20(23)24/h5,7,11-13H,4,6,8-10,14,22H2,1-3H3. The van der Waals surface area contributed by atoms with Crippen molar-refractivity contribution < 1.29 is 18.7 Å². The summed E-state index contributed by atoms with van der Waals surface area (Å²) >= 11 is 0. The Hall–Kier alpha value is -2.47. The van der Waals surface area contributed by atoms with Crippen LogP contribution in [0.1, 0.15) is 47.9 Å². The first kappa shape index (κ1) is 19.3. The summed E-state index contributed by atoms with van der Waals surface area (Å²) in [5.74, 6) is 2.23. The Morgan fingerprint density at radius 2 is 1.96 bits per heavy atom. The van der Waals surface area contributed by atoms with Crippen LogP contribution in [0.25, 0.3) is 0 Å². The zero-order valence-electron chi connectivity index (χ0n) is 16.3. The van der Waals surface area contributed by atoms with Crippen molar-refractivity contribution >= 4 is 5.91 Å². The highest BCUT2D eigenvalue weighted by Gasteiger charge is 2.30. The van der Waals surface area contributed by atoms with Gasteiger partial charge in [-0.1, -0.05) is 0 Å². The number of rotatable bonds is 9. The topological polar surface area (TPSA) is 77.9 Å². The van der Waals surface area contributed by atoms with Gasteiger partial charge in [-0.05, 0) is 56.0 Å². The van der Waals surface area contributed by atoms with E-state index in [9.17, 15) is 4.79 Å². The van der Waals surface area contributed by atoms with E-state index in [2.05, 4.69) is 6.92 Å². The van der Waals surface area contributed by atoms with Crippen molar-refractivity contribution in [1.82, 2.24) is 4.90 Å².